The summed E-state index contributed by atoms with van der Waals surface area (Å²) in [7, 11) is 0. The molecule has 0 saturated heterocycles. The van der Waals surface area contributed by atoms with E-state index < -0.39 is 0 Å². The van der Waals surface area contributed by atoms with E-state index in [4.69, 9.17) is 28.4 Å². The van der Waals surface area contributed by atoms with Gasteiger partial charge in [0.1, 0.15) is 49.4 Å². The van der Waals surface area contributed by atoms with Gasteiger partial charge in [0.25, 0.3) is 0 Å². The molecule has 8 nitrogen and oxygen atoms in total. The standard InChI is InChI=1S/C40H38N2O6/c1-3-19-41-39(5-1)32-9-13-35(14-10-32)45-25-21-43-23-27-47-37-17-7-31-8-18-38(30-34(31)29-37)48-28-24-44-22-26-46-36-15-11-33(12-16-36)40-6-2-4-20-42-40/h1-20,29-30H,21-28H2. The molecule has 0 bridgehead atoms. The van der Waals surface area contributed by atoms with Crippen LogP contribution in [0.3, 0.4) is 0 Å². The molecular formula is C40H38N2O6. The van der Waals surface area contributed by atoms with E-state index >= 15 is 0 Å². The molecule has 0 aliphatic heterocycles. The van der Waals surface area contributed by atoms with Gasteiger partial charge in [0, 0.05) is 23.5 Å². The van der Waals surface area contributed by atoms with Gasteiger partial charge in [-0.15, -0.1) is 0 Å². The average Bonchev–Trinajstić information content (AvgIpc) is 3.15. The number of ether oxygens (including phenoxy) is 6. The van der Waals surface area contributed by atoms with Crippen LogP contribution in [0.1, 0.15) is 0 Å². The lowest BCUT2D eigenvalue weighted by atomic mass is 10.1. The largest absolute Gasteiger partial charge is 0.491 e. The van der Waals surface area contributed by atoms with E-state index in [9.17, 15) is 0 Å². The average molecular weight is 643 g/mol. The van der Waals surface area contributed by atoms with Crippen molar-refractivity contribution in [3.63, 3.8) is 0 Å². The monoisotopic (exact) mass is 642 g/mol. The van der Waals surface area contributed by atoms with Crippen molar-refractivity contribution in [3.05, 3.63) is 134 Å². The lowest BCUT2D eigenvalue weighted by Gasteiger charge is -2.11. The number of fused-ring (bicyclic) bond motifs is 1. The molecular weight excluding hydrogens is 604 g/mol. The van der Waals surface area contributed by atoms with E-state index in [2.05, 4.69) is 9.97 Å². The first-order chi connectivity index (χ1) is 23.8. The fourth-order valence-electron chi connectivity index (χ4n) is 4.97. The van der Waals surface area contributed by atoms with Crippen LogP contribution in [0, 0.1) is 0 Å². The molecule has 244 valence electrons. The summed E-state index contributed by atoms with van der Waals surface area (Å²) in [5.74, 6) is 3.16. The minimum absolute atomic E-state index is 0.442. The summed E-state index contributed by atoms with van der Waals surface area (Å²) in [6, 6.07) is 39.6. The van der Waals surface area contributed by atoms with Gasteiger partial charge in [0.15, 0.2) is 0 Å². The van der Waals surface area contributed by atoms with Crippen molar-refractivity contribution < 1.29 is 28.4 Å². The molecule has 0 N–H and O–H groups in total. The Kier molecular flexibility index (Phi) is 11.8. The highest BCUT2D eigenvalue weighted by molar-refractivity contribution is 5.85. The van der Waals surface area contributed by atoms with Gasteiger partial charge in [0.2, 0.25) is 0 Å². The van der Waals surface area contributed by atoms with Crippen molar-refractivity contribution in [2.45, 2.75) is 0 Å². The minimum Gasteiger partial charge on any atom is -0.491 e. The Balaban J connectivity index is 0.832. The van der Waals surface area contributed by atoms with Gasteiger partial charge in [-0.25, -0.2) is 0 Å². The van der Waals surface area contributed by atoms with Crippen LogP contribution in [0.25, 0.3) is 33.3 Å². The number of hydrogen-bond donors (Lipinski definition) is 0. The second-order valence-electron chi connectivity index (χ2n) is 10.8. The van der Waals surface area contributed by atoms with Crippen LogP contribution in [0.15, 0.2) is 134 Å². The number of aromatic nitrogens is 2. The summed E-state index contributed by atoms with van der Waals surface area (Å²) in [5.41, 5.74) is 3.98. The second kappa shape index (κ2) is 17.5. The Morgan fingerprint density at radius 3 is 1.15 bits per heavy atom. The zero-order valence-electron chi connectivity index (χ0n) is 26.7. The van der Waals surface area contributed by atoms with E-state index in [0.29, 0.717) is 52.9 Å². The number of rotatable bonds is 18. The fraction of sp³-hybridized carbons (Fsp3) is 0.200. The first-order valence-electron chi connectivity index (χ1n) is 16.0. The van der Waals surface area contributed by atoms with Gasteiger partial charge >= 0.3 is 0 Å². The Labute approximate surface area is 280 Å². The summed E-state index contributed by atoms with van der Waals surface area (Å²) in [5, 5.41) is 2.15. The van der Waals surface area contributed by atoms with Crippen LogP contribution in [0.4, 0.5) is 0 Å². The lowest BCUT2D eigenvalue weighted by molar-refractivity contribution is 0.0763. The number of pyridine rings is 2. The van der Waals surface area contributed by atoms with Crippen LogP contribution in [-0.2, 0) is 9.47 Å². The molecule has 0 aliphatic rings. The van der Waals surface area contributed by atoms with Crippen LogP contribution >= 0.6 is 0 Å². The smallest absolute Gasteiger partial charge is 0.120 e. The zero-order chi connectivity index (χ0) is 32.6. The molecule has 0 amide bonds. The molecule has 6 aromatic rings. The highest BCUT2D eigenvalue weighted by Crippen LogP contribution is 2.26. The highest BCUT2D eigenvalue weighted by Gasteiger charge is 2.04. The number of nitrogens with zero attached hydrogens (tertiary/aromatic N) is 2. The Morgan fingerprint density at radius 2 is 0.750 bits per heavy atom. The zero-order valence-corrected chi connectivity index (χ0v) is 26.7. The summed E-state index contributed by atoms with van der Waals surface area (Å²) >= 11 is 0. The first kappa shape index (κ1) is 32.5. The molecule has 0 fully saturated rings. The normalized spacial score (nSPS) is 10.9. The van der Waals surface area contributed by atoms with Crippen molar-refractivity contribution in [1.82, 2.24) is 9.97 Å². The predicted octanol–water partition coefficient (Wildman–Crippen LogP) is 7.91. The van der Waals surface area contributed by atoms with Gasteiger partial charge in [0.05, 0.1) is 37.8 Å². The van der Waals surface area contributed by atoms with Gasteiger partial charge in [-0.3, -0.25) is 9.97 Å². The van der Waals surface area contributed by atoms with Crippen LogP contribution in [0.2, 0.25) is 0 Å². The number of hydrogen-bond acceptors (Lipinski definition) is 8. The third kappa shape index (κ3) is 9.78. The maximum Gasteiger partial charge on any atom is 0.120 e. The predicted molar refractivity (Wildman–Crippen MR) is 187 cm³/mol. The molecule has 6 rings (SSSR count). The minimum atomic E-state index is 0.442. The molecule has 0 atom stereocenters. The molecule has 0 saturated carbocycles. The maximum atomic E-state index is 5.92. The summed E-state index contributed by atoms with van der Waals surface area (Å²) in [6.07, 6.45) is 3.58. The molecule has 48 heavy (non-hydrogen) atoms. The quantitative estimate of drug-likeness (QED) is 0.0876. The van der Waals surface area contributed by atoms with Crippen molar-refractivity contribution in [3.8, 4) is 45.5 Å². The fourth-order valence-corrected chi connectivity index (χ4v) is 4.97. The third-order valence-electron chi connectivity index (χ3n) is 7.40. The van der Waals surface area contributed by atoms with E-state index in [0.717, 1.165) is 56.3 Å². The maximum absolute atomic E-state index is 5.92. The molecule has 8 heteroatoms. The topological polar surface area (TPSA) is 81.2 Å². The molecule has 2 aromatic heterocycles. The van der Waals surface area contributed by atoms with Crippen molar-refractivity contribution in [2.24, 2.45) is 0 Å². The molecule has 0 unspecified atom stereocenters. The summed E-state index contributed by atoms with van der Waals surface area (Å²) in [6.45, 7) is 3.68. The van der Waals surface area contributed by atoms with Crippen molar-refractivity contribution in [1.29, 1.82) is 0 Å². The van der Waals surface area contributed by atoms with Crippen molar-refractivity contribution in [2.75, 3.05) is 52.9 Å². The Bertz CT molecular complexity index is 1690. The van der Waals surface area contributed by atoms with Crippen molar-refractivity contribution >= 4 is 10.8 Å². The van der Waals surface area contributed by atoms with Crippen LogP contribution in [0.5, 0.6) is 23.0 Å². The molecule has 0 radical (unpaired) electrons. The first-order valence-corrected chi connectivity index (χ1v) is 16.0. The van der Waals surface area contributed by atoms with Gasteiger partial charge in [-0.2, -0.15) is 0 Å². The molecule has 4 aromatic carbocycles. The van der Waals surface area contributed by atoms with Crippen LogP contribution in [-0.4, -0.2) is 62.8 Å². The van der Waals surface area contributed by atoms with Crippen LogP contribution < -0.4 is 18.9 Å². The van der Waals surface area contributed by atoms with Gasteiger partial charge in [-0.05, 0) is 108 Å². The second-order valence-corrected chi connectivity index (χ2v) is 10.8. The van der Waals surface area contributed by atoms with E-state index in [1.54, 1.807) is 12.4 Å². The Hall–Kier alpha value is -5.44. The van der Waals surface area contributed by atoms with E-state index in [1.807, 2.05) is 121 Å². The van der Waals surface area contributed by atoms with Gasteiger partial charge in [-0.1, -0.05) is 24.3 Å². The SMILES string of the molecule is c1ccc(-c2ccc(OCCOCCOc3ccc4ccc(OCCOCCOc5ccc(-c6ccccn6)cc5)cc4c3)cc2)nc1. The Morgan fingerprint density at radius 1 is 0.354 bits per heavy atom. The third-order valence-corrected chi connectivity index (χ3v) is 7.40. The molecule has 2 heterocycles. The highest BCUT2D eigenvalue weighted by atomic mass is 16.5. The molecule has 0 aliphatic carbocycles. The van der Waals surface area contributed by atoms with E-state index in [-0.39, 0.29) is 0 Å². The summed E-state index contributed by atoms with van der Waals surface area (Å²) in [4.78, 5) is 8.74. The molecule has 0 spiro atoms. The van der Waals surface area contributed by atoms with E-state index in [1.165, 1.54) is 0 Å². The lowest BCUT2D eigenvalue weighted by Crippen LogP contribution is -2.12. The number of benzene rings is 4. The summed E-state index contributed by atoms with van der Waals surface area (Å²) < 4.78 is 34.8. The van der Waals surface area contributed by atoms with Gasteiger partial charge < -0.3 is 28.4 Å².